The third-order valence-corrected chi connectivity index (χ3v) is 8.15. The zero-order chi connectivity index (χ0) is 18.1. The van der Waals surface area contributed by atoms with Crippen molar-refractivity contribution in [3.8, 4) is 0 Å². The standard InChI is InChI=1S/C19H21Cl2N3OS/c1-10(26-18-23-22-17-15(21)5-14(20)9-24(17)18)16(25)19-6-11-2-12(7-19)4-13(3-11)8-19/h5,9-13H,2-4,6-8H2,1H3. The molecule has 26 heavy (non-hydrogen) atoms. The number of halogens is 2. The Kier molecular flexibility index (Phi) is 4.07. The van der Waals surface area contributed by atoms with Gasteiger partial charge < -0.3 is 0 Å². The van der Waals surface area contributed by atoms with Crippen molar-refractivity contribution in [3.05, 3.63) is 22.3 Å². The van der Waals surface area contributed by atoms with Gasteiger partial charge in [-0.25, -0.2) is 0 Å². The predicted octanol–water partition coefficient (Wildman–Crippen LogP) is 5.30. The van der Waals surface area contributed by atoms with Gasteiger partial charge >= 0.3 is 0 Å². The lowest BCUT2D eigenvalue weighted by Crippen LogP contribution is -2.51. The lowest BCUT2D eigenvalue weighted by atomic mass is 9.48. The number of fused-ring (bicyclic) bond motifs is 1. The molecular weight excluding hydrogens is 389 g/mol. The Morgan fingerprint density at radius 3 is 2.42 bits per heavy atom. The first-order valence-corrected chi connectivity index (χ1v) is 11.0. The Balaban J connectivity index is 1.41. The van der Waals surface area contributed by atoms with E-state index in [0.29, 0.717) is 26.6 Å². The van der Waals surface area contributed by atoms with Crippen molar-refractivity contribution < 1.29 is 4.79 Å². The summed E-state index contributed by atoms with van der Waals surface area (Å²) in [5.74, 6) is 2.73. The lowest BCUT2D eigenvalue weighted by molar-refractivity contribution is -0.142. The van der Waals surface area contributed by atoms with E-state index in [1.54, 1.807) is 16.7 Å². The molecule has 4 bridgehead atoms. The van der Waals surface area contributed by atoms with E-state index in [1.165, 1.54) is 31.0 Å². The van der Waals surface area contributed by atoms with Crippen LogP contribution in [0.4, 0.5) is 0 Å². The second-order valence-corrected chi connectivity index (χ2v) is 10.7. The van der Waals surface area contributed by atoms with Crippen molar-refractivity contribution in [3.63, 3.8) is 0 Å². The first kappa shape index (κ1) is 17.3. The maximum absolute atomic E-state index is 13.5. The number of carbonyl (C=O) groups is 1. The number of hydrogen-bond acceptors (Lipinski definition) is 4. The third kappa shape index (κ3) is 2.70. The summed E-state index contributed by atoms with van der Waals surface area (Å²) in [7, 11) is 0. The van der Waals surface area contributed by atoms with Gasteiger partial charge in [-0.1, -0.05) is 35.0 Å². The number of carbonyl (C=O) groups excluding carboxylic acids is 1. The van der Waals surface area contributed by atoms with E-state index in [2.05, 4.69) is 10.2 Å². The second kappa shape index (κ2) is 6.11. The van der Waals surface area contributed by atoms with Gasteiger partial charge in [0.05, 0.1) is 15.3 Å². The van der Waals surface area contributed by atoms with Gasteiger partial charge in [0, 0.05) is 11.6 Å². The zero-order valence-corrected chi connectivity index (χ0v) is 16.9. The van der Waals surface area contributed by atoms with Crippen molar-refractivity contribution in [2.75, 3.05) is 0 Å². The molecule has 2 aromatic heterocycles. The summed E-state index contributed by atoms with van der Waals surface area (Å²) in [6.45, 7) is 2.01. The average molecular weight is 410 g/mol. The number of hydrogen-bond donors (Lipinski definition) is 0. The maximum atomic E-state index is 13.5. The molecule has 4 saturated carbocycles. The van der Waals surface area contributed by atoms with Crippen molar-refractivity contribution in [2.45, 2.75) is 55.9 Å². The highest BCUT2D eigenvalue weighted by Crippen LogP contribution is 2.61. The van der Waals surface area contributed by atoms with Crippen LogP contribution in [0.2, 0.25) is 10.0 Å². The highest BCUT2D eigenvalue weighted by molar-refractivity contribution is 8.00. The molecule has 0 amide bonds. The summed E-state index contributed by atoms with van der Waals surface area (Å²) in [5.41, 5.74) is 0.491. The largest absolute Gasteiger partial charge is 0.298 e. The molecule has 0 N–H and O–H groups in total. The zero-order valence-electron chi connectivity index (χ0n) is 14.6. The van der Waals surface area contributed by atoms with E-state index in [4.69, 9.17) is 23.2 Å². The molecule has 7 heteroatoms. The molecule has 4 aliphatic rings. The summed E-state index contributed by atoms with van der Waals surface area (Å²) < 4.78 is 1.79. The molecule has 0 radical (unpaired) electrons. The van der Waals surface area contributed by atoms with Crippen LogP contribution >= 0.6 is 35.0 Å². The molecule has 4 nitrogen and oxygen atoms in total. The molecule has 2 heterocycles. The fourth-order valence-corrected chi connectivity index (χ4v) is 7.56. The van der Waals surface area contributed by atoms with Gasteiger partial charge in [-0.15, -0.1) is 10.2 Å². The van der Waals surface area contributed by atoms with Crippen LogP contribution in [-0.2, 0) is 4.79 Å². The highest BCUT2D eigenvalue weighted by atomic mass is 35.5. The third-order valence-electron chi connectivity index (χ3n) is 6.61. The molecule has 138 valence electrons. The van der Waals surface area contributed by atoms with Crippen molar-refractivity contribution in [1.29, 1.82) is 0 Å². The van der Waals surface area contributed by atoms with Crippen LogP contribution in [0.15, 0.2) is 17.4 Å². The molecule has 0 spiro atoms. The van der Waals surface area contributed by atoms with Gasteiger partial charge in [-0.2, -0.15) is 0 Å². The Morgan fingerprint density at radius 1 is 1.19 bits per heavy atom. The van der Waals surface area contributed by atoms with Gasteiger partial charge in [0.1, 0.15) is 0 Å². The van der Waals surface area contributed by atoms with E-state index < -0.39 is 0 Å². The molecule has 4 fully saturated rings. The Hall–Kier alpha value is -0.780. The molecule has 1 atom stereocenters. The minimum atomic E-state index is -0.142. The van der Waals surface area contributed by atoms with Crippen LogP contribution in [0.3, 0.4) is 0 Å². The number of pyridine rings is 1. The second-order valence-electron chi connectivity index (χ2n) is 8.50. The van der Waals surface area contributed by atoms with Gasteiger partial charge in [0.15, 0.2) is 16.6 Å². The van der Waals surface area contributed by atoms with E-state index >= 15 is 0 Å². The predicted molar refractivity (Wildman–Crippen MR) is 104 cm³/mol. The van der Waals surface area contributed by atoms with Crippen molar-refractivity contribution in [1.82, 2.24) is 14.6 Å². The number of aromatic nitrogens is 3. The summed E-state index contributed by atoms with van der Waals surface area (Å²) in [6, 6.07) is 1.66. The topological polar surface area (TPSA) is 47.3 Å². The van der Waals surface area contributed by atoms with Crippen LogP contribution in [-0.4, -0.2) is 25.6 Å². The number of ketones is 1. The Labute approximate surface area is 167 Å². The molecule has 1 unspecified atom stereocenters. The number of Topliss-reactive ketones (excluding diaryl/α,β-unsaturated/α-hetero) is 1. The molecule has 2 aromatic rings. The molecule has 0 aromatic carbocycles. The van der Waals surface area contributed by atoms with Gasteiger partial charge in [0.25, 0.3) is 0 Å². The van der Waals surface area contributed by atoms with Crippen LogP contribution in [0, 0.1) is 23.2 Å². The number of thioether (sulfide) groups is 1. The van der Waals surface area contributed by atoms with E-state index in [-0.39, 0.29) is 10.7 Å². The average Bonchev–Trinajstić information content (AvgIpc) is 2.96. The minimum Gasteiger partial charge on any atom is -0.298 e. The number of nitrogens with zero attached hydrogens (tertiary/aromatic N) is 3. The summed E-state index contributed by atoms with van der Waals surface area (Å²) in [5, 5.41) is 9.94. The quantitative estimate of drug-likeness (QED) is 0.642. The molecule has 0 saturated heterocycles. The normalized spacial score (nSPS) is 33.7. The Morgan fingerprint density at radius 2 is 1.81 bits per heavy atom. The van der Waals surface area contributed by atoms with E-state index in [9.17, 15) is 4.79 Å². The fraction of sp³-hybridized carbons (Fsp3) is 0.632. The summed E-state index contributed by atoms with van der Waals surface area (Å²) >= 11 is 13.8. The molecule has 6 rings (SSSR count). The Bertz CT molecular complexity index is 861. The van der Waals surface area contributed by atoms with Crippen molar-refractivity contribution in [2.24, 2.45) is 23.2 Å². The minimum absolute atomic E-state index is 0.0864. The summed E-state index contributed by atoms with van der Waals surface area (Å²) in [6.07, 6.45) is 9.09. The van der Waals surface area contributed by atoms with Gasteiger partial charge in [-0.3, -0.25) is 9.20 Å². The first-order valence-electron chi connectivity index (χ1n) is 9.34. The smallest absolute Gasteiger partial charge is 0.196 e. The lowest BCUT2D eigenvalue weighted by Gasteiger charge is -2.56. The van der Waals surface area contributed by atoms with Crippen molar-refractivity contribution >= 4 is 46.4 Å². The first-order chi connectivity index (χ1) is 12.4. The molecule has 4 aliphatic carbocycles. The van der Waals surface area contributed by atoms with Crippen LogP contribution in [0.25, 0.3) is 5.65 Å². The van der Waals surface area contributed by atoms with Gasteiger partial charge in [-0.05, 0) is 69.3 Å². The van der Waals surface area contributed by atoms with Crippen LogP contribution in [0.1, 0.15) is 45.4 Å². The fourth-order valence-electron chi connectivity index (χ4n) is 6.04. The maximum Gasteiger partial charge on any atom is 0.196 e. The van der Waals surface area contributed by atoms with Crippen LogP contribution in [0.5, 0.6) is 0 Å². The number of rotatable bonds is 4. The van der Waals surface area contributed by atoms with E-state index in [1.807, 2.05) is 6.92 Å². The van der Waals surface area contributed by atoms with Crippen LogP contribution < -0.4 is 0 Å². The van der Waals surface area contributed by atoms with E-state index in [0.717, 1.165) is 37.0 Å². The molecular formula is C19H21Cl2N3OS. The SMILES string of the molecule is CC(Sc1nnc2c(Cl)cc(Cl)cn12)C(=O)C12CC3CC(CC(C3)C1)C2. The molecule has 0 aliphatic heterocycles. The monoisotopic (exact) mass is 409 g/mol. The summed E-state index contributed by atoms with van der Waals surface area (Å²) in [4.78, 5) is 13.5. The van der Waals surface area contributed by atoms with Gasteiger partial charge in [0.2, 0.25) is 0 Å². The highest BCUT2D eigenvalue weighted by Gasteiger charge is 2.55.